The third-order valence-electron chi connectivity index (χ3n) is 4.66. The van der Waals surface area contributed by atoms with Gasteiger partial charge in [-0.15, -0.1) is 0 Å². The molecular formula is C19H15F4N5O2. The normalized spacial score (nSPS) is 14.8. The van der Waals surface area contributed by atoms with Crippen LogP contribution in [0.2, 0.25) is 0 Å². The van der Waals surface area contributed by atoms with Crippen LogP contribution in [-0.2, 0) is 6.18 Å². The molecule has 0 unspecified atom stereocenters. The number of anilines is 1. The Morgan fingerprint density at radius 2 is 1.70 bits per heavy atom. The van der Waals surface area contributed by atoms with E-state index in [1.54, 1.807) is 17.0 Å². The van der Waals surface area contributed by atoms with Crippen LogP contribution in [0.15, 0.2) is 47.1 Å². The number of alkyl halides is 3. The Morgan fingerprint density at radius 1 is 1.00 bits per heavy atom. The highest BCUT2D eigenvalue weighted by molar-refractivity contribution is 5.94. The molecule has 0 bridgehead atoms. The predicted octanol–water partition coefficient (Wildman–Crippen LogP) is 3.25. The Kier molecular flexibility index (Phi) is 5.10. The molecule has 1 fully saturated rings. The van der Waals surface area contributed by atoms with E-state index in [0.717, 1.165) is 0 Å². The van der Waals surface area contributed by atoms with Gasteiger partial charge in [0.1, 0.15) is 11.6 Å². The number of hydrogen-bond acceptors (Lipinski definition) is 6. The lowest BCUT2D eigenvalue weighted by Crippen LogP contribution is -2.49. The largest absolute Gasteiger partial charge is 0.471 e. The zero-order valence-corrected chi connectivity index (χ0v) is 15.4. The van der Waals surface area contributed by atoms with Crippen LogP contribution in [0.1, 0.15) is 16.2 Å². The second kappa shape index (κ2) is 7.73. The van der Waals surface area contributed by atoms with Gasteiger partial charge in [0.05, 0.1) is 0 Å². The van der Waals surface area contributed by atoms with Gasteiger partial charge in [0, 0.05) is 43.5 Å². The van der Waals surface area contributed by atoms with E-state index in [9.17, 15) is 22.4 Å². The SMILES string of the molecule is O=C(c1ccc(F)cc1)N1CCN(c2ccc(-c3noc(C(F)(F)F)n3)cn2)CC1. The first kappa shape index (κ1) is 19.8. The van der Waals surface area contributed by atoms with E-state index < -0.39 is 17.9 Å². The van der Waals surface area contributed by atoms with Gasteiger partial charge in [-0.25, -0.2) is 9.37 Å². The minimum atomic E-state index is -4.70. The zero-order chi connectivity index (χ0) is 21.3. The van der Waals surface area contributed by atoms with Crippen LogP contribution in [-0.4, -0.2) is 52.1 Å². The van der Waals surface area contributed by atoms with Crippen molar-refractivity contribution in [2.75, 3.05) is 31.1 Å². The second-order valence-electron chi connectivity index (χ2n) is 6.61. The van der Waals surface area contributed by atoms with Crippen molar-refractivity contribution in [3.8, 4) is 11.4 Å². The fourth-order valence-corrected chi connectivity index (χ4v) is 3.07. The lowest BCUT2D eigenvalue weighted by atomic mass is 10.1. The van der Waals surface area contributed by atoms with Crippen molar-refractivity contribution in [1.29, 1.82) is 0 Å². The lowest BCUT2D eigenvalue weighted by Gasteiger charge is -2.35. The molecule has 7 nitrogen and oxygen atoms in total. The highest BCUT2D eigenvalue weighted by Crippen LogP contribution is 2.29. The minimum absolute atomic E-state index is 0.171. The zero-order valence-electron chi connectivity index (χ0n) is 15.4. The summed E-state index contributed by atoms with van der Waals surface area (Å²) < 4.78 is 55.0. The van der Waals surface area contributed by atoms with Crippen LogP contribution < -0.4 is 4.90 Å². The van der Waals surface area contributed by atoms with Crippen LogP contribution in [0, 0.1) is 5.82 Å². The van der Waals surface area contributed by atoms with E-state index in [1.807, 2.05) is 4.90 Å². The van der Waals surface area contributed by atoms with Crippen molar-refractivity contribution in [1.82, 2.24) is 20.0 Å². The van der Waals surface area contributed by atoms with E-state index in [-0.39, 0.29) is 11.7 Å². The standard InChI is InChI=1S/C19H15F4N5O2/c20-14-4-1-12(2-5-14)17(29)28-9-7-27(8-10-28)15-6-3-13(11-24-15)16-25-18(30-26-16)19(21,22)23/h1-6,11H,7-10H2. The summed E-state index contributed by atoms with van der Waals surface area (Å²) in [6.07, 6.45) is -3.33. The number of carbonyl (C=O) groups is 1. The molecule has 0 saturated carbocycles. The molecule has 11 heteroatoms. The lowest BCUT2D eigenvalue weighted by molar-refractivity contribution is -0.159. The Bertz CT molecular complexity index is 1030. The Labute approximate surface area is 167 Å². The number of amides is 1. The molecule has 4 rings (SSSR count). The molecule has 0 radical (unpaired) electrons. The molecular weight excluding hydrogens is 406 g/mol. The monoisotopic (exact) mass is 421 g/mol. The van der Waals surface area contributed by atoms with E-state index in [1.165, 1.54) is 30.5 Å². The number of nitrogens with zero attached hydrogens (tertiary/aromatic N) is 5. The van der Waals surface area contributed by atoms with Crippen molar-refractivity contribution < 1.29 is 26.9 Å². The van der Waals surface area contributed by atoms with Crippen molar-refractivity contribution >= 4 is 11.7 Å². The summed E-state index contributed by atoms with van der Waals surface area (Å²) in [7, 11) is 0. The fourth-order valence-electron chi connectivity index (χ4n) is 3.07. The highest BCUT2D eigenvalue weighted by Gasteiger charge is 2.38. The van der Waals surface area contributed by atoms with Crippen LogP contribution in [0.25, 0.3) is 11.4 Å². The molecule has 1 aliphatic rings. The molecule has 0 atom stereocenters. The van der Waals surface area contributed by atoms with Gasteiger partial charge in [-0.3, -0.25) is 4.79 Å². The van der Waals surface area contributed by atoms with Gasteiger partial charge in [-0.1, -0.05) is 5.16 Å². The topological polar surface area (TPSA) is 75.4 Å². The van der Waals surface area contributed by atoms with Gasteiger partial charge in [-0.05, 0) is 36.4 Å². The minimum Gasteiger partial charge on any atom is -0.353 e. The Hall–Kier alpha value is -3.50. The summed E-state index contributed by atoms with van der Waals surface area (Å²) in [4.78, 5) is 23.7. The molecule has 0 N–H and O–H groups in total. The summed E-state index contributed by atoms with van der Waals surface area (Å²) >= 11 is 0. The molecule has 3 heterocycles. The molecule has 0 aliphatic carbocycles. The molecule has 3 aromatic rings. The van der Waals surface area contributed by atoms with E-state index >= 15 is 0 Å². The molecule has 0 spiro atoms. The average Bonchev–Trinajstić information content (AvgIpc) is 3.25. The number of hydrogen-bond donors (Lipinski definition) is 0. The van der Waals surface area contributed by atoms with Crippen molar-refractivity contribution in [3.05, 3.63) is 59.9 Å². The number of benzene rings is 1. The Morgan fingerprint density at radius 3 is 2.27 bits per heavy atom. The summed E-state index contributed by atoms with van der Waals surface area (Å²) in [5.41, 5.74) is 0.716. The molecule has 1 aliphatic heterocycles. The smallest absolute Gasteiger partial charge is 0.353 e. The van der Waals surface area contributed by atoms with Crippen LogP contribution in [0.3, 0.4) is 0 Å². The summed E-state index contributed by atoms with van der Waals surface area (Å²) in [5.74, 6) is -1.57. The predicted molar refractivity (Wildman–Crippen MR) is 97.0 cm³/mol. The maximum absolute atomic E-state index is 13.0. The first-order chi connectivity index (χ1) is 14.3. The van der Waals surface area contributed by atoms with Gasteiger partial charge >= 0.3 is 12.1 Å². The maximum atomic E-state index is 13.0. The first-order valence-electron chi connectivity index (χ1n) is 8.98. The maximum Gasteiger partial charge on any atom is 0.471 e. The van der Waals surface area contributed by atoms with Gasteiger partial charge < -0.3 is 14.3 Å². The molecule has 156 valence electrons. The first-order valence-corrected chi connectivity index (χ1v) is 8.98. The highest BCUT2D eigenvalue weighted by atomic mass is 19.4. The van der Waals surface area contributed by atoms with Crippen LogP contribution in [0.4, 0.5) is 23.4 Å². The van der Waals surface area contributed by atoms with E-state index in [4.69, 9.17) is 0 Å². The van der Waals surface area contributed by atoms with Crippen molar-refractivity contribution in [2.24, 2.45) is 0 Å². The number of carbonyl (C=O) groups excluding carboxylic acids is 1. The quantitative estimate of drug-likeness (QED) is 0.605. The molecule has 2 aromatic heterocycles. The molecule has 1 aromatic carbocycles. The van der Waals surface area contributed by atoms with Gasteiger partial charge in [0.25, 0.3) is 5.91 Å². The van der Waals surface area contributed by atoms with Crippen LogP contribution >= 0.6 is 0 Å². The van der Waals surface area contributed by atoms with Crippen LogP contribution in [0.5, 0.6) is 0 Å². The fraction of sp³-hybridized carbons (Fsp3) is 0.263. The third kappa shape index (κ3) is 4.09. The summed E-state index contributed by atoms with van der Waals surface area (Å²) in [5, 5.41) is 3.33. The number of rotatable bonds is 3. The van der Waals surface area contributed by atoms with Gasteiger partial charge in [0.2, 0.25) is 5.82 Å². The molecule has 1 amide bonds. The number of aromatic nitrogens is 3. The second-order valence-corrected chi connectivity index (χ2v) is 6.61. The third-order valence-corrected chi connectivity index (χ3v) is 4.66. The number of piperazine rings is 1. The number of halogens is 4. The van der Waals surface area contributed by atoms with Gasteiger partial charge in [0.15, 0.2) is 0 Å². The number of pyridine rings is 1. The molecule has 1 saturated heterocycles. The summed E-state index contributed by atoms with van der Waals surface area (Å²) in [6, 6.07) is 8.60. The van der Waals surface area contributed by atoms with Gasteiger partial charge in [-0.2, -0.15) is 18.2 Å². The van der Waals surface area contributed by atoms with Crippen molar-refractivity contribution in [3.63, 3.8) is 0 Å². The summed E-state index contributed by atoms with van der Waals surface area (Å²) in [6.45, 7) is 1.97. The van der Waals surface area contributed by atoms with Crippen molar-refractivity contribution in [2.45, 2.75) is 6.18 Å². The van der Waals surface area contributed by atoms with E-state index in [0.29, 0.717) is 43.1 Å². The Balaban J connectivity index is 1.38. The average molecular weight is 421 g/mol. The van der Waals surface area contributed by atoms with E-state index in [2.05, 4.69) is 19.6 Å². The molecule has 30 heavy (non-hydrogen) atoms.